The first kappa shape index (κ1) is 18.0. The fraction of sp³-hybridized carbons (Fsp3) is 0.0500. The van der Waals surface area contributed by atoms with Crippen LogP contribution in [0.4, 0.5) is 5.69 Å². The van der Waals surface area contributed by atoms with Crippen LogP contribution in [0.1, 0.15) is 5.56 Å². The third kappa shape index (κ3) is 3.09. The highest BCUT2D eigenvalue weighted by Crippen LogP contribution is 2.35. The molecule has 0 atom stereocenters. The molecule has 0 saturated heterocycles. The number of aromatic nitrogens is 2. The van der Waals surface area contributed by atoms with Crippen LogP contribution < -0.4 is 14.8 Å². The number of phenols is 1. The molecule has 2 aromatic heterocycles. The van der Waals surface area contributed by atoms with E-state index in [4.69, 9.17) is 22.9 Å². The van der Waals surface area contributed by atoms with Crippen LogP contribution in [0.15, 0.2) is 47.4 Å². The first-order valence-corrected chi connectivity index (χ1v) is 9.27. The normalized spacial score (nSPS) is 11.7. The Balaban J connectivity index is 1.81. The standard InChI is InChI=1S/C20H12ClN3O3S/c1-22-13-5-3-4-12(9-13)15-10-24-19(26)17(28-20(24)23-15)8-11-6-14(21)18(25)16(7-11)27-2/h3-10,25H,2H3/b17-8-. The van der Waals surface area contributed by atoms with Crippen LogP contribution in [0.25, 0.3) is 27.1 Å². The molecule has 0 fully saturated rings. The third-order valence-electron chi connectivity index (χ3n) is 4.14. The summed E-state index contributed by atoms with van der Waals surface area (Å²) in [5.41, 5.74) is 2.36. The Labute approximate surface area is 168 Å². The van der Waals surface area contributed by atoms with Gasteiger partial charge in [-0.3, -0.25) is 9.20 Å². The van der Waals surface area contributed by atoms with Crippen molar-refractivity contribution in [2.24, 2.45) is 0 Å². The molecule has 28 heavy (non-hydrogen) atoms. The number of rotatable bonds is 3. The summed E-state index contributed by atoms with van der Waals surface area (Å²) in [4.78, 5) is 21.2. The Morgan fingerprint density at radius 3 is 2.89 bits per heavy atom. The van der Waals surface area contributed by atoms with Crippen molar-refractivity contribution in [3.8, 4) is 22.8 Å². The van der Waals surface area contributed by atoms with Gasteiger partial charge in [0, 0.05) is 6.20 Å². The molecule has 2 heterocycles. The maximum Gasteiger partial charge on any atom is 0.274 e. The summed E-state index contributed by atoms with van der Waals surface area (Å²) >= 11 is 7.26. The van der Waals surface area contributed by atoms with Crippen molar-refractivity contribution in [2.75, 3.05) is 7.11 Å². The molecule has 4 rings (SSSR count). The Bertz CT molecular complexity index is 1370. The van der Waals surface area contributed by atoms with Crippen molar-refractivity contribution in [3.63, 3.8) is 0 Å². The lowest BCUT2D eigenvalue weighted by Gasteiger charge is -2.05. The summed E-state index contributed by atoms with van der Waals surface area (Å²) in [6, 6.07) is 10.3. The average molecular weight is 410 g/mol. The smallest absolute Gasteiger partial charge is 0.274 e. The fourth-order valence-corrected chi connectivity index (χ4v) is 3.97. The Kier molecular flexibility index (Phi) is 4.51. The van der Waals surface area contributed by atoms with Gasteiger partial charge in [-0.1, -0.05) is 41.1 Å². The molecule has 8 heteroatoms. The zero-order valence-electron chi connectivity index (χ0n) is 14.5. The fourth-order valence-electron chi connectivity index (χ4n) is 2.79. The first-order chi connectivity index (χ1) is 13.5. The molecule has 0 aliphatic rings. The minimum atomic E-state index is -0.205. The predicted molar refractivity (Wildman–Crippen MR) is 109 cm³/mol. The predicted octanol–water partition coefficient (Wildman–Crippen LogP) is 3.89. The molecule has 0 aliphatic carbocycles. The maximum atomic E-state index is 12.7. The van der Waals surface area contributed by atoms with Crippen molar-refractivity contribution >= 4 is 39.7 Å². The van der Waals surface area contributed by atoms with E-state index < -0.39 is 0 Å². The molecule has 0 saturated carbocycles. The molecule has 4 aromatic rings. The minimum Gasteiger partial charge on any atom is -0.503 e. The lowest BCUT2D eigenvalue weighted by Crippen LogP contribution is -2.22. The van der Waals surface area contributed by atoms with Gasteiger partial charge in [-0.25, -0.2) is 9.83 Å². The highest BCUT2D eigenvalue weighted by Gasteiger charge is 2.12. The molecule has 0 radical (unpaired) electrons. The topological polar surface area (TPSA) is 68.2 Å². The Hall–Kier alpha value is -3.34. The van der Waals surface area contributed by atoms with Gasteiger partial charge < -0.3 is 9.84 Å². The quantitative estimate of drug-likeness (QED) is 0.521. The molecule has 0 spiro atoms. The first-order valence-electron chi connectivity index (χ1n) is 8.08. The van der Waals surface area contributed by atoms with Gasteiger partial charge in [-0.15, -0.1) is 0 Å². The molecule has 2 aromatic carbocycles. The summed E-state index contributed by atoms with van der Waals surface area (Å²) in [5.74, 6) is 0.0884. The van der Waals surface area contributed by atoms with E-state index in [2.05, 4.69) is 9.83 Å². The summed E-state index contributed by atoms with van der Waals surface area (Å²) in [6.45, 7) is 7.12. The largest absolute Gasteiger partial charge is 0.503 e. The van der Waals surface area contributed by atoms with E-state index in [0.717, 1.165) is 5.56 Å². The van der Waals surface area contributed by atoms with Gasteiger partial charge in [0.1, 0.15) is 0 Å². The zero-order valence-corrected chi connectivity index (χ0v) is 16.1. The van der Waals surface area contributed by atoms with Crippen LogP contribution in [0, 0.1) is 6.57 Å². The molecule has 138 valence electrons. The van der Waals surface area contributed by atoms with Gasteiger partial charge in [-0.2, -0.15) is 0 Å². The number of nitrogens with zero attached hydrogens (tertiary/aromatic N) is 3. The number of hydrogen-bond acceptors (Lipinski definition) is 5. The van der Waals surface area contributed by atoms with E-state index in [-0.39, 0.29) is 22.1 Å². The van der Waals surface area contributed by atoms with E-state index >= 15 is 0 Å². The number of imidazole rings is 1. The second-order valence-corrected chi connectivity index (χ2v) is 7.33. The van der Waals surface area contributed by atoms with Gasteiger partial charge >= 0.3 is 0 Å². The number of ether oxygens (including phenoxy) is 1. The number of fused-ring (bicyclic) bond motifs is 1. The van der Waals surface area contributed by atoms with Crippen LogP contribution in [-0.4, -0.2) is 21.6 Å². The number of aromatic hydroxyl groups is 1. The highest BCUT2D eigenvalue weighted by molar-refractivity contribution is 7.15. The van der Waals surface area contributed by atoms with Crippen LogP contribution in [0.5, 0.6) is 11.5 Å². The van der Waals surface area contributed by atoms with Crippen molar-refractivity contribution in [2.45, 2.75) is 0 Å². The SMILES string of the molecule is [C-]#[N+]c1cccc(-c2cn3c(=O)/c(=C/c4cc(Cl)c(O)c(OC)c4)sc3n2)c1. The van der Waals surface area contributed by atoms with Crippen molar-refractivity contribution in [3.05, 3.63) is 79.5 Å². The van der Waals surface area contributed by atoms with Crippen molar-refractivity contribution in [1.29, 1.82) is 0 Å². The van der Waals surface area contributed by atoms with E-state index in [0.29, 0.717) is 26.4 Å². The molecule has 0 aliphatic heterocycles. The van der Waals surface area contributed by atoms with Gasteiger partial charge in [0.2, 0.25) is 0 Å². The molecule has 0 bridgehead atoms. The summed E-state index contributed by atoms with van der Waals surface area (Å²) < 4.78 is 7.06. The molecule has 1 N–H and O–H groups in total. The van der Waals surface area contributed by atoms with E-state index in [1.165, 1.54) is 22.8 Å². The summed E-state index contributed by atoms with van der Waals surface area (Å²) in [7, 11) is 1.43. The Morgan fingerprint density at radius 2 is 2.18 bits per heavy atom. The minimum absolute atomic E-state index is 0.140. The number of thiazole rings is 1. The Morgan fingerprint density at radius 1 is 1.36 bits per heavy atom. The average Bonchev–Trinajstić information content (AvgIpc) is 3.24. The van der Waals surface area contributed by atoms with E-state index in [1.807, 2.05) is 6.07 Å². The lowest BCUT2D eigenvalue weighted by atomic mass is 10.1. The number of hydrogen-bond donors (Lipinski definition) is 1. The van der Waals surface area contributed by atoms with E-state index in [1.54, 1.807) is 42.6 Å². The lowest BCUT2D eigenvalue weighted by molar-refractivity contribution is 0.373. The molecular weight excluding hydrogens is 398 g/mol. The van der Waals surface area contributed by atoms with Crippen LogP contribution in [0.2, 0.25) is 5.02 Å². The molecule has 0 unspecified atom stereocenters. The van der Waals surface area contributed by atoms with Crippen LogP contribution in [-0.2, 0) is 0 Å². The van der Waals surface area contributed by atoms with Gasteiger partial charge in [0.05, 0.1) is 28.9 Å². The number of phenolic OH excluding ortho intramolecular Hbond substituents is 1. The molecular formula is C20H12ClN3O3S. The van der Waals surface area contributed by atoms with Crippen LogP contribution >= 0.6 is 22.9 Å². The number of benzene rings is 2. The monoisotopic (exact) mass is 409 g/mol. The van der Waals surface area contributed by atoms with Crippen molar-refractivity contribution in [1.82, 2.24) is 9.38 Å². The van der Waals surface area contributed by atoms with Gasteiger partial charge in [-0.05, 0) is 35.4 Å². The van der Waals surface area contributed by atoms with Crippen LogP contribution in [0.3, 0.4) is 0 Å². The molecule has 0 amide bonds. The second-order valence-electron chi connectivity index (χ2n) is 5.91. The molecule has 6 nitrogen and oxygen atoms in total. The summed E-state index contributed by atoms with van der Waals surface area (Å²) in [6.07, 6.45) is 3.34. The second kappa shape index (κ2) is 7.00. The maximum absolute atomic E-state index is 12.7. The van der Waals surface area contributed by atoms with Gasteiger partial charge in [0.25, 0.3) is 5.56 Å². The van der Waals surface area contributed by atoms with E-state index in [9.17, 15) is 9.90 Å². The zero-order chi connectivity index (χ0) is 19.8. The van der Waals surface area contributed by atoms with Gasteiger partial charge in [0.15, 0.2) is 22.1 Å². The van der Waals surface area contributed by atoms with Crippen molar-refractivity contribution < 1.29 is 9.84 Å². The highest BCUT2D eigenvalue weighted by atomic mass is 35.5. The number of halogens is 1. The number of methoxy groups -OCH3 is 1. The summed E-state index contributed by atoms with van der Waals surface area (Å²) in [5, 5.41) is 9.98. The third-order valence-corrected chi connectivity index (χ3v) is 5.41.